The highest BCUT2D eigenvalue weighted by Gasteiger charge is 2.25. The van der Waals surface area contributed by atoms with Crippen LogP contribution in [0.2, 0.25) is 0 Å². The molecule has 0 saturated carbocycles. The monoisotopic (exact) mass is 278 g/mol. The van der Waals surface area contributed by atoms with Crippen LogP contribution < -0.4 is 4.74 Å². The first kappa shape index (κ1) is 10.9. The predicted octanol–water partition coefficient (Wildman–Crippen LogP) is 4.44. The molecule has 2 aromatic carbocycles. The Morgan fingerprint density at radius 1 is 1.00 bits per heavy atom. The van der Waals surface area contributed by atoms with Gasteiger partial charge in [-0.25, -0.2) is 0 Å². The Hall–Kier alpha value is -2.88. The third kappa shape index (κ3) is 1.39. The van der Waals surface area contributed by atoms with Gasteiger partial charge in [-0.2, -0.15) is 0 Å². The number of phenols is 1. The van der Waals surface area contributed by atoms with Crippen molar-refractivity contribution in [3.8, 4) is 22.8 Å². The van der Waals surface area contributed by atoms with E-state index in [1.54, 1.807) is 24.5 Å². The molecule has 1 aliphatic heterocycles. The molecule has 0 fully saturated rings. The Kier molecular flexibility index (Phi) is 1.86. The summed E-state index contributed by atoms with van der Waals surface area (Å²) in [4.78, 5) is 0. The van der Waals surface area contributed by atoms with Crippen LogP contribution in [0.3, 0.4) is 0 Å². The standard InChI is InChI=1S/C17H10O4/c18-10-1-2-14-11(6-10)13-8-20-16-7-15-9(3-4-19-15)5-12(16)17(13)21-14/h1-7,18H,8H2. The second kappa shape index (κ2) is 3.61. The summed E-state index contributed by atoms with van der Waals surface area (Å²) >= 11 is 0. The Bertz CT molecular complexity index is 1010. The van der Waals surface area contributed by atoms with Crippen LogP contribution in [0.4, 0.5) is 0 Å². The quantitative estimate of drug-likeness (QED) is 0.516. The molecule has 5 rings (SSSR count). The summed E-state index contributed by atoms with van der Waals surface area (Å²) in [6, 6.07) is 10.9. The van der Waals surface area contributed by atoms with Crippen molar-refractivity contribution < 1.29 is 18.7 Å². The van der Waals surface area contributed by atoms with Crippen LogP contribution >= 0.6 is 0 Å². The van der Waals surface area contributed by atoms with Crippen LogP contribution in [0.15, 0.2) is 51.5 Å². The molecule has 4 aromatic rings. The molecular weight excluding hydrogens is 268 g/mol. The lowest BCUT2D eigenvalue weighted by Gasteiger charge is -2.16. The fourth-order valence-corrected chi connectivity index (χ4v) is 2.94. The smallest absolute Gasteiger partial charge is 0.145 e. The van der Waals surface area contributed by atoms with Crippen molar-refractivity contribution in [1.29, 1.82) is 0 Å². The summed E-state index contributed by atoms with van der Waals surface area (Å²) in [5.41, 5.74) is 3.43. The molecule has 3 heterocycles. The van der Waals surface area contributed by atoms with Crippen molar-refractivity contribution >= 4 is 21.9 Å². The Labute approximate surface area is 119 Å². The molecule has 1 N–H and O–H groups in total. The second-order valence-corrected chi connectivity index (χ2v) is 5.19. The van der Waals surface area contributed by atoms with Gasteiger partial charge in [0.05, 0.1) is 11.8 Å². The van der Waals surface area contributed by atoms with E-state index in [1.165, 1.54) is 0 Å². The molecule has 0 amide bonds. The van der Waals surface area contributed by atoms with Gasteiger partial charge in [-0.3, -0.25) is 0 Å². The summed E-state index contributed by atoms with van der Waals surface area (Å²) in [5.74, 6) is 1.79. The molecule has 0 bridgehead atoms. The highest BCUT2D eigenvalue weighted by molar-refractivity contribution is 5.94. The highest BCUT2D eigenvalue weighted by Crippen LogP contribution is 2.44. The summed E-state index contributed by atoms with van der Waals surface area (Å²) in [6.45, 7) is 0.422. The zero-order chi connectivity index (χ0) is 14.0. The average molecular weight is 278 g/mol. The van der Waals surface area contributed by atoms with E-state index in [0.29, 0.717) is 6.61 Å². The van der Waals surface area contributed by atoms with Crippen LogP contribution in [-0.2, 0) is 6.61 Å². The van der Waals surface area contributed by atoms with Gasteiger partial charge in [0.25, 0.3) is 0 Å². The van der Waals surface area contributed by atoms with E-state index in [1.807, 2.05) is 18.2 Å². The van der Waals surface area contributed by atoms with Gasteiger partial charge in [-0.05, 0) is 30.3 Å². The number of ether oxygens (including phenoxy) is 1. The Morgan fingerprint density at radius 3 is 2.90 bits per heavy atom. The van der Waals surface area contributed by atoms with E-state index in [9.17, 15) is 5.11 Å². The van der Waals surface area contributed by atoms with Crippen LogP contribution in [-0.4, -0.2) is 5.11 Å². The van der Waals surface area contributed by atoms with Gasteiger partial charge >= 0.3 is 0 Å². The first-order valence-corrected chi connectivity index (χ1v) is 6.68. The van der Waals surface area contributed by atoms with Crippen LogP contribution in [0.1, 0.15) is 5.56 Å². The van der Waals surface area contributed by atoms with Crippen LogP contribution in [0.5, 0.6) is 11.5 Å². The maximum Gasteiger partial charge on any atom is 0.145 e. The molecule has 0 saturated heterocycles. The predicted molar refractivity (Wildman–Crippen MR) is 77.4 cm³/mol. The summed E-state index contributed by atoms with van der Waals surface area (Å²) in [7, 11) is 0. The van der Waals surface area contributed by atoms with Gasteiger partial charge in [0.1, 0.15) is 35.0 Å². The molecule has 0 spiro atoms. The molecule has 0 atom stereocenters. The van der Waals surface area contributed by atoms with Crippen molar-refractivity contribution in [2.75, 3.05) is 0 Å². The van der Waals surface area contributed by atoms with E-state index in [2.05, 4.69) is 0 Å². The van der Waals surface area contributed by atoms with E-state index < -0.39 is 0 Å². The zero-order valence-corrected chi connectivity index (χ0v) is 10.9. The highest BCUT2D eigenvalue weighted by atomic mass is 16.5. The number of benzene rings is 2. The minimum Gasteiger partial charge on any atom is -0.508 e. The third-order valence-corrected chi connectivity index (χ3v) is 3.95. The van der Waals surface area contributed by atoms with Gasteiger partial charge in [-0.1, -0.05) is 0 Å². The first-order chi connectivity index (χ1) is 10.3. The van der Waals surface area contributed by atoms with Crippen LogP contribution in [0, 0.1) is 0 Å². The largest absolute Gasteiger partial charge is 0.508 e. The van der Waals surface area contributed by atoms with Gasteiger partial charge in [0, 0.05) is 22.4 Å². The van der Waals surface area contributed by atoms with E-state index in [4.69, 9.17) is 13.6 Å². The summed E-state index contributed by atoms with van der Waals surface area (Å²) in [5, 5.41) is 11.6. The molecule has 0 radical (unpaired) electrons. The van der Waals surface area contributed by atoms with Crippen molar-refractivity contribution in [3.05, 3.63) is 48.2 Å². The molecule has 102 valence electrons. The number of fused-ring (bicyclic) bond motifs is 6. The zero-order valence-electron chi connectivity index (χ0n) is 10.9. The Balaban J connectivity index is 1.87. The van der Waals surface area contributed by atoms with Crippen molar-refractivity contribution in [3.63, 3.8) is 0 Å². The number of hydrogen-bond donors (Lipinski definition) is 1. The van der Waals surface area contributed by atoms with Crippen molar-refractivity contribution in [2.45, 2.75) is 6.61 Å². The minimum absolute atomic E-state index is 0.224. The normalized spacial score (nSPS) is 13.1. The number of furan rings is 2. The SMILES string of the molecule is Oc1ccc2oc3c(c2c1)COc1cc2occc2cc1-3. The summed E-state index contributed by atoms with van der Waals surface area (Å²) < 4.78 is 17.2. The van der Waals surface area contributed by atoms with E-state index in [0.717, 1.165) is 44.6 Å². The topological polar surface area (TPSA) is 55.7 Å². The maximum atomic E-state index is 9.66. The van der Waals surface area contributed by atoms with Crippen molar-refractivity contribution in [2.24, 2.45) is 0 Å². The number of phenolic OH excluding ortho intramolecular Hbond substituents is 1. The molecule has 1 aliphatic rings. The van der Waals surface area contributed by atoms with Gasteiger partial charge in [0.2, 0.25) is 0 Å². The van der Waals surface area contributed by atoms with Crippen LogP contribution in [0.25, 0.3) is 33.3 Å². The maximum absolute atomic E-state index is 9.66. The Morgan fingerprint density at radius 2 is 1.95 bits per heavy atom. The van der Waals surface area contributed by atoms with E-state index >= 15 is 0 Å². The lowest BCUT2D eigenvalue weighted by atomic mass is 10.0. The van der Waals surface area contributed by atoms with Gasteiger partial charge in [-0.15, -0.1) is 0 Å². The molecular formula is C17H10O4. The lowest BCUT2D eigenvalue weighted by Crippen LogP contribution is -2.03. The van der Waals surface area contributed by atoms with Crippen molar-refractivity contribution in [1.82, 2.24) is 0 Å². The lowest BCUT2D eigenvalue weighted by molar-refractivity contribution is 0.300. The second-order valence-electron chi connectivity index (χ2n) is 5.19. The molecule has 21 heavy (non-hydrogen) atoms. The first-order valence-electron chi connectivity index (χ1n) is 6.68. The fourth-order valence-electron chi connectivity index (χ4n) is 2.94. The molecule has 4 heteroatoms. The fraction of sp³-hybridized carbons (Fsp3) is 0.0588. The number of aromatic hydroxyl groups is 1. The van der Waals surface area contributed by atoms with Gasteiger partial charge in [0.15, 0.2) is 0 Å². The molecule has 2 aromatic heterocycles. The summed E-state index contributed by atoms with van der Waals surface area (Å²) in [6.07, 6.45) is 1.66. The number of rotatable bonds is 0. The molecule has 0 aliphatic carbocycles. The van der Waals surface area contributed by atoms with Gasteiger partial charge < -0.3 is 18.7 Å². The average Bonchev–Trinajstić information content (AvgIpc) is 3.08. The molecule has 4 nitrogen and oxygen atoms in total. The van der Waals surface area contributed by atoms with E-state index in [-0.39, 0.29) is 5.75 Å². The third-order valence-electron chi connectivity index (χ3n) is 3.95. The molecule has 0 unspecified atom stereocenters. The number of hydrogen-bond acceptors (Lipinski definition) is 4. The minimum atomic E-state index is 0.224.